The van der Waals surface area contributed by atoms with E-state index in [-0.39, 0.29) is 31.1 Å². The molecule has 0 radical (unpaired) electrons. The summed E-state index contributed by atoms with van der Waals surface area (Å²) in [5.41, 5.74) is 11.7. The maximum absolute atomic E-state index is 13.1. The third-order valence-corrected chi connectivity index (χ3v) is 5.76. The van der Waals surface area contributed by atoms with Crippen molar-refractivity contribution in [2.24, 2.45) is 23.3 Å². The average molecular weight is 510 g/mol. The molecule has 0 aliphatic rings. The molecule has 1 rings (SSSR count). The third kappa shape index (κ3) is 10.4. The second kappa shape index (κ2) is 14.8. The molecule has 13 heteroatoms. The van der Waals surface area contributed by atoms with Crippen molar-refractivity contribution >= 4 is 29.6 Å². The highest BCUT2D eigenvalue weighted by atomic mass is 16.4. The number of carboxylic acids is 1. The van der Waals surface area contributed by atoms with Crippen LogP contribution in [0.4, 0.5) is 0 Å². The van der Waals surface area contributed by atoms with Crippen LogP contribution in [0, 0.1) is 11.8 Å². The number of carbonyl (C=O) groups excluding carboxylic acids is 4. The van der Waals surface area contributed by atoms with Gasteiger partial charge in [-0.05, 0) is 24.7 Å². The van der Waals surface area contributed by atoms with Crippen LogP contribution in [0.5, 0.6) is 0 Å². The number of carboxylic acid groups (broad SMARTS) is 1. The van der Waals surface area contributed by atoms with Crippen LogP contribution in [0.3, 0.4) is 0 Å². The minimum absolute atomic E-state index is 0.0344. The standard InChI is InChI=1S/C23H39N7O6/c1-5-13(4)19(22(34)29-17(23(35)36)9-14-10-26-11-27-14)30-21(33)16(6-7-18(25)31)28-20(32)15(24)8-12(2)3/h10-13,15-17,19H,5-9,24H2,1-4H3,(H2,25,31)(H,26,27)(H,28,32)(H,29,34)(H,30,33)(H,35,36). The fraction of sp³-hybridized carbons (Fsp3) is 0.652. The van der Waals surface area contributed by atoms with E-state index in [1.54, 1.807) is 6.92 Å². The molecule has 13 nitrogen and oxygen atoms in total. The average Bonchev–Trinajstić information content (AvgIpc) is 3.31. The Balaban J connectivity index is 3.02. The van der Waals surface area contributed by atoms with Gasteiger partial charge in [0.25, 0.3) is 0 Å². The molecule has 0 saturated carbocycles. The normalized spacial score (nSPS) is 15.3. The van der Waals surface area contributed by atoms with E-state index in [0.717, 1.165) is 0 Å². The predicted molar refractivity (Wildman–Crippen MR) is 131 cm³/mol. The molecule has 5 atom stereocenters. The summed E-state index contributed by atoms with van der Waals surface area (Å²) in [5.74, 6) is -4.10. The molecule has 0 aliphatic heterocycles. The van der Waals surface area contributed by atoms with Gasteiger partial charge in [0.15, 0.2) is 0 Å². The monoisotopic (exact) mass is 509 g/mol. The second-order valence-electron chi connectivity index (χ2n) is 9.35. The summed E-state index contributed by atoms with van der Waals surface area (Å²) in [6, 6.07) is -4.38. The Hall–Kier alpha value is -3.48. The largest absolute Gasteiger partial charge is 0.480 e. The summed E-state index contributed by atoms with van der Waals surface area (Å²) in [6.45, 7) is 7.34. The number of aliphatic carboxylic acids is 1. The molecule has 36 heavy (non-hydrogen) atoms. The summed E-state index contributed by atoms with van der Waals surface area (Å²) in [5, 5.41) is 17.2. The number of nitrogens with zero attached hydrogens (tertiary/aromatic N) is 1. The summed E-state index contributed by atoms with van der Waals surface area (Å²) in [4.78, 5) is 68.4. The van der Waals surface area contributed by atoms with E-state index in [1.807, 2.05) is 20.8 Å². The fourth-order valence-corrected chi connectivity index (χ4v) is 3.48. The van der Waals surface area contributed by atoms with Crippen molar-refractivity contribution in [3.63, 3.8) is 0 Å². The van der Waals surface area contributed by atoms with Crippen molar-refractivity contribution in [2.75, 3.05) is 0 Å². The number of H-pyrrole nitrogens is 1. The van der Waals surface area contributed by atoms with Crippen LogP contribution in [-0.4, -0.2) is 68.8 Å². The lowest BCUT2D eigenvalue weighted by molar-refractivity contribution is -0.142. The van der Waals surface area contributed by atoms with Crippen LogP contribution in [-0.2, 0) is 30.4 Å². The van der Waals surface area contributed by atoms with Gasteiger partial charge in [0.05, 0.1) is 12.4 Å². The Morgan fingerprint density at radius 3 is 2.17 bits per heavy atom. The lowest BCUT2D eigenvalue weighted by Gasteiger charge is -2.28. The Bertz CT molecular complexity index is 890. The Kier molecular flexibility index (Phi) is 12.6. The van der Waals surface area contributed by atoms with E-state index in [2.05, 4.69) is 25.9 Å². The topological polar surface area (TPSA) is 222 Å². The zero-order valence-electron chi connectivity index (χ0n) is 21.2. The van der Waals surface area contributed by atoms with Gasteiger partial charge < -0.3 is 37.5 Å². The first-order valence-electron chi connectivity index (χ1n) is 12.0. The lowest BCUT2D eigenvalue weighted by Crippen LogP contribution is -2.59. The van der Waals surface area contributed by atoms with Gasteiger partial charge >= 0.3 is 5.97 Å². The van der Waals surface area contributed by atoms with Crippen molar-refractivity contribution in [1.82, 2.24) is 25.9 Å². The van der Waals surface area contributed by atoms with Crippen LogP contribution in [0.25, 0.3) is 0 Å². The van der Waals surface area contributed by atoms with Crippen molar-refractivity contribution < 1.29 is 29.1 Å². The summed E-state index contributed by atoms with van der Waals surface area (Å²) >= 11 is 0. The van der Waals surface area contributed by atoms with Gasteiger partial charge in [0.1, 0.15) is 18.1 Å². The number of amides is 4. The summed E-state index contributed by atoms with van der Waals surface area (Å²) in [6.07, 6.45) is 3.43. The smallest absolute Gasteiger partial charge is 0.326 e. The summed E-state index contributed by atoms with van der Waals surface area (Å²) < 4.78 is 0. The second-order valence-corrected chi connectivity index (χ2v) is 9.35. The number of rotatable bonds is 16. The molecule has 0 saturated heterocycles. The molecule has 1 aromatic rings. The molecule has 4 amide bonds. The highest BCUT2D eigenvalue weighted by Crippen LogP contribution is 2.11. The number of nitrogens with one attached hydrogen (secondary N) is 4. The Morgan fingerprint density at radius 1 is 1.03 bits per heavy atom. The fourth-order valence-electron chi connectivity index (χ4n) is 3.48. The van der Waals surface area contributed by atoms with E-state index in [0.29, 0.717) is 18.5 Å². The number of carbonyl (C=O) groups is 5. The molecule has 0 spiro atoms. The van der Waals surface area contributed by atoms with E-state index in [9.17, 15) is 29.1 Å². The van der Waals surface area contributed by atoms with Crippen LogP contribution in [0.1, 0.15) is 59.1 Å². The quantitative estimate of drug-likeness (QED) is 0.149. The van der Waals surface area contributed by atoms with Crippen LogP contribution < -0.4 is 27.4 Å². The highest BCUT2D eigenvalue weighted by molar-refractivity contribution is 5.94. The molecule has 0 aromatic carbocycles. The Labute approximate surface area is 210 Å². The first kappa shape index (κ1) is 30.6. The number of primary amides is 1. The number of aromatic nitrogens is 2. The molecule has 9 N–H and O–H groups in total. The van der Waals surface area contributed by atoms with Crippen LogP contribution in [0.2, 0.25) is 0 Å². The molecule has 5 unspecified atom stereocenters. The number of imidazole rings is 1. The van der Waals surface area contributed by atoms with Gasteiger partial charge in [0.2, 0.25) is 23.6 Å². The molecule has 0 aliphatic carbocycles. The first-order valence-corrected chi connectivity index (χ1v) is 12.0. The maximum atomic E-state index is 13.1. The number of aromatic amines is 1. The number of hydrogen-bond acceptors (Lipinski definition) is 7. The number of hydrogen-bond donors (Lipinski definition) is 7. The Morgan fingerprint density at radius 2 is 1.67 bits per heavy atom. The molecule has 0 fully saturated rings. The SMILES string of the molecule is CCC(C)C(NC(=O)C(CCC(N)=O)NC(=O)C(N)CC(C)C)C(=O)NC(Cc1cnc[nH]1)C(=O)O. The van der Waals surface area contributed by atoms with Gasteiger partial charge in [-0.1, -0.05) is 34.1 Å². The van der Waals surface area contributed by atoms with Gasteiger partial charge in [-0.15, -0.1) is 0 Å². The lowest BCUT2D eigenvalue weighted by atomic mass is 9.96. The molecule has 1 aromatic heterocycles. The van der Waals surface area contributed by atoms with Gasteiger partial charge in [-0.25, -0.2) is 9.78 Å². The third-order valence-electron chi connectivity index (χ3n) is 5.76. The zero-order valence-corrected chi connectivity index (χ0v) is 21.2. The predicted octanol–water partition coefficient (Wildman–Crippen LogP) is -0.824. The minimum Gasteiger partial charge on any atom is -0.480 e. The maximum Gasteiger partial charge on any atom is 0.326 e. The van der Waals surface area contributed by atoms with Gasteiger partial charge in [0, 0.05) is 24.7 Å². The number of nitrogens with two attached hydrogens (primary N) is 2. The van der Waals surface area contributed by atoms with E-state index in [1.165, 1.54) is 12.5 Å². The minimum atomic E-state index is -1.26. The molecular weight excluding hydrogens is 470 g/mol. The van der Waals surface area contributed by atoms with Crippen molar-refractivity contribution in [2.45, 2.75) is 84.0 Å². The first-order chi connectivity index (χ1) is 16.8. The molecule has 202 valence electrons. The molecule has 1 heterocycles. The van der Waals surface area contributed by atoms with Crippen molar-refractivity contribution in [1.29, 1.82) is 0 Å². The molecular formula is C23H39N7O6. The highest BCUT2D eigenvalue weighted by Gasteiger charge is 2.33. The van der Waals surface area contributed by atoms with Gasteiger partial charge in [-0.2, -0.15) is 0 Å². The van der Waals surface area contributed by atoms with Crippen molar-refractivity contribution in [3.05, 3.63) is 18.2 Å². The van der Waals surface area contributed by atoms with E-state index in [4.69, 9.17) is 11.5 Å². The van der Waals surface area contributed by atoms with Gasteiger partial charge in [-0.3, -0.25) is 19.2 Å². The summed E-state index contributed by atoms with van der Waals surface area (Å²) in [7, 11) is 0. The van der Waals surface area contributed by atoms with E-state index < -0.39 is 53.8 Å². The van der Waals surface area contributed by atoms with Crippen LogP contribution >= 0.6 is 0 Å². The van der Waals surface area contributed by atoms with Crippen LogP contribution in [0.15, 0.2) is 12.5 Å². The molecule has 0 bridgehead atoms. The zero-order chi connectivity index (χ0) is 27.4. The van der Waals surface area contributed by atoms with E-state index >= 15 is 0 Å². The van der Waals surface area contributed by atoms with Crippen molar-refractivity contribution in [3.8, 4) is 0 Å².